The van der Waals surface area contributed by atoms with Gasteiger partial charge in [-0.05, 0) is 6.92 Å². The minimum atomic E-state index is -1.15. The zero-order chi connectivity index (χ0) is 24.3. The third-order valence-corrected chi connectivity index (χ3v) is 5.18. The summed E-state index contributed by atoms with van der Waals surface area (Å²) in [5, 5.41) is 22.2. The lowest BCUT2D eigenvalue weighted by Gasteiger charge is -2.36. The van der Waals surface area contributed by atoms with E-state index in [0.717, 1.165) is 11.0 Å². The van der Waals surface area contributed by atoms with Crippen molar-refractivity contribution in [2.24, 2.45) is 5.73 Å². The molecule has 0 saturated heterocycles. The summed E-state index contributed by atoms with van der Waals surface area (Å²) >= 11 is 0. The van der Waals surface area contributed by atoms with E-state index in [4.69, 9.17) is 15.2 Å². The molecule has 0 radical (unpaired) electrons. The average molecular weight is 468 g/mol. The Morgan fingerprint density at radius 3 is 2.39 bits per heavy atom. The second kappa shape index (κ2) is 10.1. The number of anilines is 3. The van der Waals surface area contributed by atoms with Gasteiger partial charge in [-0.2, -0.15) is 4.98 Å². The molecule has 1 aliphatic heterocycles. The Labute approximate surface area is 188 Å². The van der Waals surface area contributed by atoms with Crippen LogP contribution in [0.2, 0.25) is 0 Å². The Morgan fingerprint density at radius 1 is 1.21 bits per heavy atom. The lowest BCUT2D eigenvalue weighted by atomic mass is 10.1. The molecule has 180 valence electrons. The van der Waals surface area contributed by atoms with E-state index < -0.39 is 35.6 Å². The first-order valence-corrected chi connectivity index (χ1v) is 10.1. The molecular formula is C20H26F2N6O5. The molecule has 0 fully saturated rings. The number of carbonyl (C=O) groups excluding carboxylic acids is 1. The van der Waals surface area contributed by atoms with Gasteiger partial charge in [-0.15, -0.1) is 0 Å². The number of aromatic nitrogens is 2. The maximum absolute atomic E-state index is 15.0. The SMILES string of the molecule is CCN1C(=O)N(c2c(F)c(OC)cc(OC)c2F)Cc2cnc(NCC(O)C(O)CN)nc21. The number of fused-ring (bicyclic) bond motifs is 1. The molecule has 1 aliphatic rings. The van der Waals surface area contributed by atoms with Crippen molar-refractivity contribution in [1.82, 2.24) is 9.97 Å². The Kier molecular flexibility index (Phi) is 7.46. The van der Waals surface area contributed by atoms with Crippen molar-refractivity contribution >= 4 is 23.5 Å². The molecule has 2 unspecified atom stereocenters. The number of rotatable bonds is 9. The van der Waals surface area contributed by atoms with Crippen LogP contribution in [-0.4, -0.2) is 72.3 Å². The van der Waals surface area contributed by atoms with Gasteiger partial charge >= 0.3 is 6.03 Å². The predicted octanol–water partition coefficient (Wildman–Crippen LogP) is 0.831. The fourth-order valence-corrected chi connectivity index (χ4v) is 3.36. The molecule has 0 bridgehead atoms. The van der Waals surface area contributed by atoms with Gasteiger partial charge in [0, 0.05) is 37.5 Å². The number of ether oxygens (including phenoxy) is 2. The molecule has 13 heteroatoms. The third-order valence-electron chi connectivity index (χ3n) is 5.18. The number of urea groups is 1. The van der Waals surface area contributed by atoms with Crippen LogP contribution in [0.25, 0.3) is 0 Å². The van der Waals surface area contributed by atoms with Gasteiger partial charge in [0.1, 0.15) is 11.5 Å². The molecule has 0 aliphatic carbocycles. The highest BCUT2D eigenvalue weighted by Crippen LogP contribution is 2.40. The van der Waals surface area contributed by atoms with E-state index in [1.54, 1.807) is 6.92 Å². The Balaban J connectivity index is 1.97. The van der Waals surface area contributed by atoms with Crippen molar-refractivity contribution < 1.29 is 33.3 Å². The molecule has 2 heterocycles. The standard InChI is InChI=1S/C20H26F2N6O5/c1-4-27-18-10(7-24-19(26-18)25-8-12(30)11(29)6-23)9-28(20(27)31)17-15(21)13(32-2)5-14(33-3)16(17)22/h5,7,11-12,29-30H,4,6,8-9,23H2,1-3H3,(H,24,25,26). The molecule has 11 nitrogen and oxygen atoms in total. The molecule has 0 saturated carbocycles. The van der Waals surface area contributed by atoms with Gasteiger partial charge in [-0.25, -0.2) is 18.6 Å². The summed E-state index contributed by atoms with van der Waals surface area (Å²) in [6, 6.07) is 0.354. The number of nitrogens with one attached hydrogen (secondary N) is 1. The molecule has 1 aromatic heterocycles. The highest BCUT2D eigenvalue weighted by Gasteiger charge is 2.37. The van der Waals surface area contributed by atoms with Crippen LogP contribution in [-0.2, 0) is 6.54 Å². The first-order valence-electron chi connectivity index (χ1n) is 10.1. The summed E-state index contributed by atoms with van der Waals surface area (Å²) < 4.78 is 40.0. The number of amides is 2. The molecule has 1 aromatic carbocycles. The highest BCUT2D eigenvalue weighted by molar-refractivity contribution is 6.05. The van der Waals surface area contributed by atoms with E-state index in [2.05, 4.69) is 15.3 Å². The van der Waals surface area contributed by atoms with E-state index >= 15 is 8.78 Å². The monoisotopic (exact) mass is 468 g/mol. The normalized spacial score (nSPS) is 15.2. The number of hydrogen-bond acceptors (Lipinski definition) is 9. The summed E-state index contributed by atoms with van der Waals surface area (Å²) in [6.07, 6.45) is -0.865. The fraction of sp³-hybridized carbons (Fsp3) is 0.450. The molecule has 33 heavy (non-hydrogen) atoms. The molecule has 0 spiro atoms. The summed E-state index contributed by atoms with van der Waals surface area (Å²) in [6.45, 7) is 1.43. The van der Waals surface area contributed by atoms with Gasteiger partial charge in [-0.3, -0.25) is 9.80 Å². The van der Waals surface area contributed by atoms with Crippen molar-refractivity contribution in [3.8, 4) is 11.5 Å². The number of aliphatic hydroxyl groups is 2. The van der Waals surface area contributed by atoms with Crippen molar-refractivity contribution in [2.75, 3.05) is 49.0 Å². The van der Waals surface area contributed by atoms with Crippen LogP contribution in [0, 0.1) is 11.6 Å². The van der Waals surface area contributed by atoms with Crippen molar-refractivity contribution in [3.63, 3.8) is 0 Å². The predicted molar refractivity (Wildman–Crippen MR) is 116 cm³/mol. The Bertz CT molecular complexity index is 999. The summed E-state index contributed by atoms with van der Waals surface area (Å²) in [4.78, 5) is 23.8. The van der Waals surface area contributed by atoms with Gasteiger partial charge in [0.05, 0.1) is 33.0 Å². The quantitative estimate of drug-likeness (QED) is 0.420. The average Bonchev–Trinajstić information content (AvgIpc) is 2.82. The van der Waals surface area contributed by atoms with Gasteiger partial charge in [-0.1, -0.05) is 0 Å². The van der Waals surface area contributed by atoms with E-state index in [0.29, 0.717) is 5.56 Å². The summed E-state index contributed by atoms with van der Waals surface area (Å²) in [5.74, 6) is -2.30. The minimum Gasteiger partial charge on any atom is -0.493 e. The van der Waals surface area contributed by atoms with Crippen molar-refractivity contribution in [3.05, 3.63) is 29.5 Å². The molecule has 5 N–H and O–H groups in total. The van der Waals surface area contributed by atoms with Crippen molar-refractivity contribution in [2.45, 2.75) is 25.7 Å². The maximum atomic E-state index is 15.0. The van der Waals surface area contributed by atoms with Crippen LogP contribution in [0.4, 0.5) is 31.0 Å². The first-order chi connectivity index (χ1) is 15.8. The molecule has 2 amide bonds. The number of benzene rings is 1. The number of nitrogens with zero attached hydrogens (tertiary/aromatic N) is 4. The number of carbonyl (C=O) groups is 1. The molecule has 3 rings (SSSR count). The highest BCUT2D eigenvalue weighted by atomic mass is 19.1. The summed E-state index contributed by atoms with van der Waals surface area (Å²) in [7, 11) is 2.44. The number of halogens is 2. The van der Waals surface area contributed by atoms with Gasteiger partial charge in [0.15, 0.2) is 23.1 Å². The smallest absolute Gasteiger partial charge is 0.330 e. The van der Waals surface area contributed by atoms with Gasteiger partial charge < -0.3 is 30.7 Å². The Hall–Kier alpha value is -3.29. The third kappa shape index (κ3) is 4.60. The van der Waals surface area contributed by atoms with Gasteiger partial charge in [0.25, 0.3) is 0 Å². The molecular weight excluding hydrogens is 442 g/mol. The van der Waals surface area contributed by atoms with E-state index in [9.17, 15) is 15.0 Å². The van der Waals surface area contributed by atoms with Crippen molar-refractivity contribution in [1.29, 1.82) is 0 Å². The number of nitrogens with two attached hydrogens (primary N) is 1. The number of aliphatic hydroxyl groups excluding tert-OH is 2. The van der Waals surface area contributed by atoms with Crippen LogP contribution >= 0.6 is 0 Å². The van der Waals surface area contributed by atoms with Crippen LogP contribution < -0.4 is 30.3 Å². The number of methoxy groups -OCH3 is 2. The second-order valence-corrected chi connectivity index (χ2v) is 7.16. The lowest BCUT2D eigenvalue weighted by molar-refractivity contribution is 0.0337. The van der Waals surface area contributed by atoms with Gasteiger partial charge in [0.2, 0.25) is 5.95 Å². The van der Waals surface area contributed by atoms with Crippen LogP contribution in [0.1, 0.15) is 12.5 Å². The largest absolute Gasteiger partial charge is 0.493 e. The molecule has 2 aromatic rings. The lowest BCUT2D eigenvalue weighted by Crippen LogP contribution is -2.48. The van der Waals surface area contributed by atoms with E-state index in [1.165, 1.54) is 25.3 Å². The number of hydrogen-bond donors (Lipinski definition) is 4. The fourth-order valence-electron chi connectivity index (χ4n) is 3.36. The zero-order valence-corrected chi connectivity index (χ0v) is 18.4. The van der Waals surface area contributed by atoms with Crippen LogP contribution in [0.3, 0.4) is 0 Å². The maximum Gasteiger partial charge on any atom is 0.330 e. The first kappa shape index (κ1) is 24.4. The van der Waals surface area contributed by atoms with E-state index in [1.807, 2.05) is 0 Å². The zero-order valence-electron chi connectivity index (χ0n) is 18.4. The Morgan fingerprint density at radius 2 is 1.85 bits per heavy atom. The van der Waals surface area contributed by atoms with Crippen LogP contribution in [0.5, 0.6) is 11.5 Å². The summed E-state index contributed by atoms with van der Waals surface area (Å²) in [5.41, 5.74) is 5.14. The van der Waals surface area contributed by atoms with E-state index in [-0.39, 0.29) is 49.4 Å². The minimum absolute atomic E-state index is 0.0800. The topological polar surface area (TPSA) is 146 Å². The second-order valence-electron chi connectivity index (χ2n) is 7.16. The van der Waals surface area contributed by atoms with Crippen LogP contribution in [0.15, 0.2) is 12.3 Å². The molecule has 2 atom stereocenters.